The number of piperidine rings is 1. The van der Waals surface area contributed by atoms with E-state index in [2.05, 4.69) is 34.7 Å². The smallest absolute Gasteiger partial charge is 0.244 e. The number of carbonyl (C=O) groups excluding carboxylic acids is 2. The van der Waals surface area contributed by atoms with E-state index in [1.807, 2.05) is 31.7 Å². The number of benzene rings is 1. The van der Waals surface area contributed by atoms with E-state index in [0.29, 0.717) is 5.92 Å². The summed E-state index contributed by atoms with van der Waals surface area (Å²) in [5.74, 6) is 0.390. The molecule has 1 aliphatic heterocycles. The maximum absolute atomic E-state index is 12.7. The first kappa shape index (κ1) is 18.5. The number of nitrogens with one attached hydrogen (secondary N) is 2. The highest BCUT2D eigenvalue weighted by atomic mass is 16.2. The largest absolute Gasteiger partial charge is 0.361 e. The molecule has 5 heteroatoms. The second-order valence-electron chi connectivity index (χ2n) is 8.33. The molecule has 0 spiro atoms. The molecule has 0 radical (unpaired) electrons. The van der Waals surface area contributed by atoms with Gasteiger partial charge in [-0.15, -0.1) is 0 Å². The number of hydrogen-bond acceptors (Lipinski definition) is 2. The number of aromatic nitrogens is 1. The highest BCUT2D eigenvalue weighted by Gasteiger charge is 2.30. The monoisotopic (exact) mass is 355 g/mol. The fourth-order valence-corrected chi connectivity index (χ4v) is 3.59. The predicted molar refractivity (Wildman–Crippen MR) is 104 cm³/mol. The summed E-state index contributed by atoms with van der Waals surface area (Å²) < 4.78 is 0. The fourth-order valence-electron chi connectivity index (χ4n) is 3.59. The first-order valence-electron chi connectivity index (χ1n) is 9.43. The summed E-state index contributed by atoms with van der Waals surface area (Å²) in [5.41, 5.74) is 2.03. The van der Waals surface area contributed by atoms with Crippen molar-refractivity contribution in [2.24, 2.45) is 5.41 Å². The summed E-state index contributed by atoms with van der Waals surface area (Å²) in [6.07, 6.45) is 4.01. The number of nitrogens with zero attached hydrogens (tertiary/aromatic N) is 1. The molecule has 1 saturated heterocycles. The number of carbonyl (C=O) groups is 2. The average Bonchev–Trinajstić information content (AvgIpc) is 3.04. The number of rotatable bonds is 3. The van der Waals surface area contributed by atoms with Crippen LogP contribution in [0.25, 0.3) is 10.9 Å². The SMILES string of the molecule is CC(NC(=O)C(C)(C)C)C(=O)N1CCC(c2c[nH]c3ccccc23)CC1. The van der Waals surface area contributed by atoms with Crippen LogP contribution in [0, 0.1) is 5.41 Å². The molecule has 3 rings (SSSR count). The molecule has 1 unspecified atom stereocenters. The third-order valence-electron chi connectivity index (χ3n) is 5.27. The Balaban J connectivity index is 1.59. The van der Waals surface area contributed by atoms with Gasteiger partial charge in [0.1, 0.15) is 6.04 Å². The van der Waals surface area contributed by atoms with E-state index in [-0.39, 0.29) is 11.8 Å². The first-order chi connectivity index (χ1) is 12.3. The maximum Gasteiger partial charge on any atom is 0.244 e. The van der Waals surface area contributed by atoms with Crippen molar-refractivity contribution in [3.8, 4) is 0 Å². The molecule has 0 saturated carbocycles. The molecule has 1 aromatic heterocycles. The van der Waals surface area contributed by atoms with Crippen LogP contribution >= 0.6 is 0 Å². The summed E-state index contributed by atoms with van der Waals surface area (Å²) in [6, 6.07) is 7.88. The summed E-state index contributed by atoms with van der Waals surface area (Å²) in [7, 11) is 0. The number of aromatic amines is 1. The van der Waals surface area contributed by atoms with E-state index in [4.69, 9.17) is 0 Å². The van der Waals surface area contributed by atoms with Crippen molar-refractivity contribution in [1.82, 2.24) is 15.2 Å². The minimum Gasteiger partial charge on any atom is -0.361 e. The molecule has 2 N–H and O–H groups in total. The number of amides is 2. The number of hydrogen-bond donors (Lipinski definition) is 2. The first-order valence-corrected chi connectivity index (χ1v) is 9.43. The van der Waals surface area contributed by atoms with Crippen molar-refractivity contribution in [3.05, 3.63) is 36.0 Å². The summed E-state index contributed by atoms with van der Waals surface area (Å²) in [5, 5.41) is 4.13. The zero-order valence-electron chi connectivity index (χ0n) is 16.1. The Hall–Kier alpha value is -2.30. The van der Waals surface area contributed by atoms with E-state index < -0.39 is 11.5 Å². The highest BCUT2D eigenvalue weighted by molar-refractivity contribution is 5.89. The van der Waals surface area contributed by atoms with Gasteiger partial charge in [0.2, 0.25) is 11.8 Å². The minimum absolute atomic E-state index is 0.0139. The number of para-hydroxylation sites is 1. The minimum atomic E-state index is -0.489. The molecule has 140 valence electrons. The Labute approximate surface area is 155 Å². The normalized spacial score (nSPS) is 17.3. The van der Waals surface area contributed by atoms with Gasteiger partial charge in [0.25, 0.3) is 0 Å². The molecule has 5 nitrogen and oxygen atoms in total. The molecule has 2 amide bonds. The Morgan fingerprint density at radius 3 is 2.50 bits per heavy atom. The Morgan fingerprint density at radius 1 is 1.19 bits per heavy atom. The van der Waals surface area contributed by atoms with E-state index >= 15 is 0 Å². The van der Waals surface area contributed by atoms with Crippen LogP contribution in [-0.4, -0.2) is 40.8 Å². The summed E-state index contributed by atoms with van der Waals surface area (Å²) in [6.45, 7) is 8.81. The summed E-state index contributed by atoms with van der Waals surface area (Å²) in [4.78, 5) is 30.0. The van der Waals surface area contributed by atoms with Crippen LogP contribution < -0.4 is 5.32 Å². The van der Waals surface area contributed by atoms with Gasteiger partial charge < -0.3 is 15.2 Å². The zero-order chi connectivity index (χ0) is 18.9. The van der Waals surface area contributed by atoms with Crippen LogP contribution in [0.4, 0.5) is 0 Å². The second-order valence-corrected chi connectivity index (χ2v) is 8.33. The Morgan fingerprint density at radius 2 is 1.85 bits per heavy atom. The molecule has 0 bridgehead atoms. The number of likely N-dealkylation sites (tertiary alicyclic amines) is 1. The molecule has 2 aromatic rings. The number of fused-ring (bicyclic) bond motifs is 1. The van der Waals surface area contributed by atoms with Gasteiger partial charge >= 0.3 is 0 Å². The van der Waals surface area contributed by atoms with Crippen molar-refractivity contribution in [2.75, 3.05) is 13.1 Å². The van der Waals surface area contributed by atoms with Crippen molar-refractivity contribution in [3.63, 3.8) is 0 Å². The van der Waals surface area contributed by atoms with E-state index in [1.165, 1.54) is 16.5 Å². The van der Waals surface area contributed by atoms with Gasteiger partial charge in [-0.05, 0) is 37.3 Å². The van der Waals surface area contributed by atoms with Crippen LogP contribution in [0.2, 0.25) is 0 Å². The molecule has 2 heterocycles. The summed E-state index contributed by atoms with van der Waals surface area (Å²) >= 11 is 0. The van der Waals surface area contributed by atoms with Gasteiger partial charge in [-0.3, -0.25) is 9.59 Å². The lowest BCUT2D eigenvalue weighted by molar-refractivity contribution is -0.138. The highest BCUT2D eigenvalue weighted by Crippen LogP contribution is 2.33. The van der Waals surface area contributed by atoms with Crippen LogP contribution in [0.5, 0.6) is 0 Å². The van der Waals surface area contributed by atoms with Gasteiger partial charge in [0.15, 0.2) is 0 Å². The van der Waals surface area contributed by atoms with Gasteiger partial charge in [-0.1, -0.05) is 39.0 Å². The van der Waals surface area contributed by atoms with Gasteiger partial charge in [-0.2, -0.15) is 0 Å². The third kappa shape index (κ3) is 3.76. The molecule has 1 aliphatic rings. The predicted octanol–water partition coefficient (Wildman–Crippen LogP) is 3.42. The molecular formula is C21H29N3O2. The van der Waals surface area contributed by atoms with E-state index in [1.54, 1.807) is 6.92 Å². The Kier molecular flexibility index (Phi) is 5.08. The van der Waals surface area contributed by atoms with Crippen molar-refractivity contribution in [1.29, 1.82) is 0 Å². The maximum atomic E-state index is 12.7. The lowest BCUT2D eigenvalue weighted by Crippen LogP contribution is -2.51. The van der Waals surface area contributed by atoms with Crippen LogP contribution in [-0.2, 0) is 9.59 Å². The van der Waals surface area contributed by atoms with Crippen LogP contribution in [0.3, 0.4) is 0 Å². The van der Waals surface area contributed by atoms with Crippen LogP contribution in [0.1, 0.15) is 52.0 Å². The van der Waals surface area contributed by atoms with Gasteiger partial charge in [-0.25, -0.2) is 0 Å². The van der Waals surface area contributed by atoms with Gasteiger partial charge in [0, 0.05) is 35.6 Å². The standard InChI is InChI=1S/C21H29N3O2/c1-14(23-20(26)21(2,3)4)19(25)24-11-9-15(10-12-24)17-13-22-18-8-6-5-7-16(17)18/h5-8,13-15,22H,9-12H2,1-4H3,(H,23,26). The zero-order valence-corrected chi connectivity index (χ0v) is 16.1. The van der Waals surface area contributed by atoms with Gasteiger partial charge in [0.05, 0.1) is 0 Å². The van der Waals surface area contributed by atoms with Crippen molar-refractivity contribution >= 4 is 22.7 Å². The lowest BCUT2D eigenvalue weighted by Gasteiger charge is -2.34. The number of H-pyrrole nitrogens is 1. The third-order valence-corrected chi connectivity index (χ3v) is 5.27. The quantitative estimate of drug-likeness (QED) is 0.886. The lowest BCUT2D eigenvalue weighted by atomic mass is 9.89. The second kappa shape index (κ2) is 7.14. The molecule has 26 heavy (non-hydrogen) atoms. The average molecular weight is 355 g/mol. The fraction of sp³-hybridized carbons (Fsp3) is 0.524. The van der Waals surface area contributed by atoms with Crippen molar-refractivity contribution < 1.29 is 9.59 Å². The van der Waals surface area contributed by atoms with E-state index in [9.17, 15) is 9.59 Å². The molecular weight excluding hydrogens is 326 g/mol. The van der Waals surface area contributed by atoms with E-state index in [0.717, 1.165) is 25.9 Å². The Bertz CT molecular complexity index is 795. The molecule has 1 atom stereocenters. The van der Waals surface area contributed by atoms with Crippen LogP contribution in [0.15, 0.2) is 30.5 Å². The van der Waals surface area contributed by atoms with Crippen molar-refractivity contribution in [2.45, 2.75) is 52.5 Å². The molecule has 1 aromatic carbocycles. The molecule has 1 fully saturated rings. The topological polar surface area (TPSA) is 65.2 Å². The molecule has 0 aliphatic carbocycles.